The molecule has 0 saturated heterocycles. The maximum Gasteiger partial charge on any atom is 0.166 e. The van der Waals surface area contributed by atoms with Gasteiger partial charge in [-0.05, 0) is 38.0 Å². The molecule has 1 aromatic rings. The Balaban J connectivity index is 2.03. The van der Waals surface area contributed by atoms with Crippen LogP contribution in [0.15, 0.2) is 0 Å². The van der Waals surface area contributed by atoms with Gasteiger partial charge in [0.2, 0.25) is 0 Å². The van der Waals surface area contributed by atoms with E-state index in [1.807, 2.05) is 11.7 Å². The highest BCUT2D eigenvalue weighted by atomic mass is 16.1. The summed E-state index contributed by atoms with van der Waals surface area (Å²) in [5.74, 6) is 1.14. The summed E-state index contributed by atoms with van der Waals surface area (Å²) in [6.45, 7) is 0. The van der Waals surface area contributed by atoms with Crippen LogP contribution in [0.3, 0.4) is 0 Å². The minimum Gasteiger partial charge on any atom is -0.294 e. The zero-order chi connectivity index (χ0) is 10.4. The van der Waals surface area contributed by atoms with E-state index in [-0.39, 0.29) is 0 Å². The summed E-state index contributed by atoms with van der Waals surface area (Å²) in [4.78, 5) is 11.9. The molecule has 1 fully saturated rings. The third kappa shape index (κ3) is 1.50. The van der Waals surface area contributed by atoms with Gasteiger partial charge in [0, 0.05) is 19.2 Å². The van der Waals surface area contributed by atoms with Crippen LogP contribution in [-0.2, 0) is 19.9 Å². The smallest absolute Gasteiger partial charge is 0.166 e. The molecule has 0 radical (unpaired) electrons. The molecule has 0 spiro atoms. The Morgan fingerprint density at radius 1 is 1.40 bits per heavy atom. The number of fused-ring (bicyclic) bond motifs is 1. The van der Waals surface area contributed by atoms with Crippen LogP contribution in [0.2, 0.25) is 0 Å². The van der Waals surface area contributed by atoms with Gasteiger partial charge >= 0.3 is 0 Å². The first-order chi connectivity index (χ1) is 7.25. The van der Waals surface area contributed by atoms with Crippen LogP contribution in [-0.4, -0.2) is 15.6 Å². The van der Waals surface area contributed by atoms with Gasteiger partial charge in [-0.15, -0.1) is 0 Å². The van der Waals surface area contributed by atoms with Crippen molar-refractivity contribution in [3.63, 3.8) is 0 Å². The first-order valence-electron chi connectivity index (χ1n) is 5.83. The Morgan fingerprint density at radius 3 is 2.93 bits per heavy atom. The van der Waals surface area contributed by atoms with Crippen molar-refractivity contribution in [1.82, 2.24) is 9.78 Å². The second kappa shape index (κ2) is 3.19. The summed E-state index contributed by atoms with van der Waals surface area (Å²) in [5, 5.41) is 4.48. The van der Waals surface area contributed by atoms with Crippen molar-refractivity contribution in [2.45, 2.75) is 38.5 Å². The van der Waals surface area contributed by atoms with Crippen LogP contribution < -0.4 is 0 Å². The van der Waals surface area contributed by atoms with Gasteiger partial charge in [0.05, 0.1) is 11.3 Å². The lowest BCUT2D eigenvalue weighted by Crippen LogP contribution is -2.11. The molecule has 3 heteroatoms. The van der Waals surface area contributed by atoms with E-state index in [4.69, 9.17) is 0 Å². The molecular weight excluding hydrogens is 188 g/mol. The van der Waals surface area contributed by atoms with E-state index in [2.05, 4.69) is 5.10 Å². The molecule has 0 aliphatic heterocycles. The molecule has 0 N–H and O–H groups in total. The third-order valence-corrected chi connectivity index (χ3v) is 3.51. The Bertz CT molecular complexity index is 416. The maximum absolute atomic E-state index is 11.9. The molecule has 0 bridgehead atoms. The number of rotatable bonds is 2. The minimum atomic E-state index is 0.319. The summed E-state index contributed by atoms with van der Waals surface area (Å²) in [6, 6.07) is 0. The molecule has 1 heterocycles. The van der Waals surface area contributed by atoms with Crippen LogP contribution in [0.4, 0.5) is 0 Å². The van der Waals surface area contributed by atoms with Gasteiger partial charge in [0.15, 0.2) is 5.78 Å². The molecule has 15 heavy (non-hydrogen) atoms. The highest BCUT2D eigenvalue weighted by molar-refractivity contribution is 5.99. The van der Waals surface area contributed by atoms with E-state index < -0.39 is 0 Å². The number of carbonyl (C=O) groups is 1. The number of ketones is 1. The average Bonchev–Trinajstić information content (AvgIpc) is 2.93. The lowest BCUT2D eigenvalue weighted by molar-refractivity contribution is 0.0971. The van der Waals surface area contributed by atoms with Gasteiger partial charge in [0.25, 0.3) is 0 Å². The summed E-state index contributed by atoms with van der Waals surface area (Å²) in [7, 11) is 1.98. The van der Waals surface area contributed by atoms with Gasteiger partial charge < -0.3 is 0 Å². The standard InChI is InChI=1S/C12H16N2O/c1-14-10(7-8-5-6-8)12-9(13-14)3-2-4-11(12)15/h8H,2-7H2,1H3. The number of nitrogens with zero attached hydrogens (tertiary/aromatic N) is 2. The van der Waals surface area contributed by atoms with Gasteiger partial charge in [-0.1, -0.05) is 0 Å². The van der Waals surface area contributed by atoms with Crippen molar-refractivity contribution in [1.29, 1.82) is 0 Å². The SMILES string of the molecule is Cn1nc2c(c1CC1CC1)C(=O)CCC2. The summed E-state index contributed by atoms with van der Waals surface area (Å²) < 4.78 is 1.94. The molecule has 0 unspecified atom stereocenters. The molecule has 2 aliphatic rings. The predicted octanol–water partition coefficient (Wildman–Crippen LogP) is 1.89. The van der Waals surface area contributed by atoms with Crippen molar-refractivity contribution in [3.8, 4) is 0 Å². The normalized spacial score (nSPS) is 20.5. The Labute approximate surface area is 89.5 Å². The largest absolute Gasteiger partial charge is 0.294 e. The van der Waals surface area contributed by atoms with Crippen molar-refractivity contribution >= 4 is 5.78 Å². The molecule has 0 aromatic carbocycles. The van der Waals surface area contributed by atoms with Crippen LogP contribution in [0, 0.1) is 5.92 Å². The number of hydrogen-bond donors (Lipinski definition) is 0. The number of carbonyl (C=O) groups excluding carboxylic acids is 1. The van der Waals surface area contributed by atoms with Crippen molar-refractivity contribution < 1.29 is 4.79 Å². The fraction of sp³-hybridized carbons (Fsp3) is 0.667. The second-order valence-electron chi connectivity index (χ2n) is 4.82. The van der Waals surface area contributed by atoms with E-state index in [0.717, 1.165) is 42.9 Å². The molecule has 3 nitrogen and oxygen atoms in total. The highest BCUT2D eigenvalue weighted by Gasteiger charge is 2.30. The van der Waals surface area contributed by atoms with Crippen LogP contribution in [0.1, 0.15) is 47.4 Å². The van der Waals surface area contributed by atoms with Crippen molar-refractivity contribution in [2.75, 3.05) is 0 Å². The molecular formula is C12H16N2O. The van der Waals surface area contributed by atoms with Crippen LogP contribution >= 0.6 is 0 Å². The zero-order valence-electron chi connectivity index (χ0n) is 9.12. The molecule has 0 atom stereocenters. The Hall–Kier alpha value is -1.12. The molecule has 0 amide bonds. The predicted molar refractivity (Wildman–Crippen MR) is 56.9 cm³/mol. The van der Waals surface area contributed by atoms with Gasteiger partial charge in [0.1, 0.15) is 0 Å². The molecule has 1 aromatic heterocycles. The van der Waals surface area contributed by atoms with E-state index in [9.17, 15) is 4.79 Å². The summed E-state index contributed by atoms with van der Waals surface area (Å²) in [5.41, 5.74) is 3.21. The first-order valence-corrected chi connectivity index (χ1v) is 5.83. The van der Waals surface area contributed by atoms with Crippen molar-refractivity contribution in [3.05, 3.63) is 17.0 Å². The molecule has 1 saturated carbocycles. The number of hydrogen-bond acceptors (Lipinski definition) is 2. The molecule has 3 rings (SSSR count). The topological polar surface area (TPSA) is 34.9 Å². The van der Waals surface area contributed by atoms with Gasteiger partial charge in [-0.2, -0.15) is 5.10 Å². The van der Waals surface area contributed by atoms with Crippen molar-refractivity contribution in [2.24, 2.45) is 13.0 Å². The van der Waals surface area contributed by atoms with Crippen LogP contribution in [0.5, 0.6) is 0 Å². The fourth-order valence-electron chi connectivity index (χ4n) is 2.49. The lowest BCUT2D eigenvalue weighted by Gasteiger charge is -2.09. The quantitative estimate of drug-likeness (QED) is 0.737. The molecule has 80 valence electrons. The maximum atomic E-state index is 11.9. The first kappa shape index (κ1) is 9.13. The van der Waals surface area contributed by atoms with E-state index in [0.29, 0.717) is 5.78 Å². The summed E-state index contributed by atoms with van der Waals surface area (Å²) >= 11 is 0. The van der Waals surface area contributed by atoms with E-state index in [1.165, 1.54) is 18.5 Å². The Kier molecular flexibility index (Phi) is 1.94. The van der Waals surface area contributed by atoms with Gasteiger partial charge in [-0.3, -0.25) is 9.48 Å². The third-order valence-electron chi connectivity index (χ3n) is 3.51. The Morgan fingerprint density at radius 2 is 2.20 bits per heavy atom. The zero-order valence-corrected chi connectivity index (χ0v) is 9.12. The second-order valence-corrected chi connectivity index (χ2v) is 4.82. The van der Waals surface area contributed by atoms with Gasteiger partial charge in [-0.25, -0.2) is 0 Å². The van der Waals surface area contributed by atoms with E-state index >= 15 is 0 Å². The minimum absolute atomic E-state index is 0.319. The average molecular weight is 204 g/mol. The monoisotopic (exact) mass is 204 g/mol. The van der Waals surface area contributed by atoms with Crippen LogP contribution in [0.25, 0.3) is 0 Å². The molecule has 2 aliphatic carbocycles. The fourth-order valence-corrected chi connectivity index (χ4v) is 2.49. The number of Topliss-reactive ketones (excluding diaryl/α,β-unsaturated/α-hetero) is 1. The summed E-state index contributed by atoms with van der Waals surface area (Å²) in [6.07, 6.45) is 6.40. The van der Waals surface area contributed by atoms with E-state index in [1.54, 1.807) is 0 Å². The number of aryl methyl sites for hydroxylation is 2. The lowest BCUT2D eigenvalue weighted by atomic mass is 9.93. The highest BCUT2D eigenvalue weighted by Crippen LogP contribution is 2.35. The number of aromatic nitrogens is 2.